The number of aryl methyl sites for hydroxylation is 2. The lowest BCUT2D eigenvalue weighted by Crippen LogP contribution is -2.35. The molecule has 7 heteroatoms. The Morgan fingerprint density at radius 3 is 2.65 bits per heavy atom. The highest BCUT2D eigenvalue weighted by molar-refractivity contribution is 7.99. The largest absolute Gasteiger partial charge is 0.355 e. The van der Waals surface area contributed by atoms with Crippen LogP contribution in [0.25, 0.3) is 17.2 Å². The SMILES string of the molecule is Cc1nc2cc(-c3nccn3C)nn2c(N2CCSCC2)c1C. The summed E-state index contributed by atoms with van der Waals surface area (Å²) in [7, 11) is 1.99. The number of rotatable bonds is 2. The van der Waals surface area contributed by atoms with Crippen LogP contribution in [0.1, 0.15) is 11.3 Å². The van der Waals surface area contributed by atoms with Gasteiger partial charge in [0.25, 0.3) is 0 Å². The topological polar surface area (TPSA) is 51.3 Å². The van der Waals surface area contributed by atoms with Crippen molar-refractivity contribution >= 4 is 23.2 Å². The summed E-state index contributed by atoms with van der Waals surface area (Å²) in [5, 5.41) is 4.82. The summed E-state index contributed by atoms with van der Waals surface area (Å²) >= 11 is 2.01. The molecule has 4 rings (SSSR count). The van der Waals surface area contributed by atoms with Crippen LogP contribution in [0.4, 0.5) is 5.82 Å². The third kappa shape index (κ3) is 2.39. The van der Waals surface area contributed by atoms with Gasteiger partial charge in [0.2, 0.25) is 0 Å². The molecule has 0 N–H and O–H groups in total. The van der Waals surface area contributed by atoms with Gasteiger partial charge in [0.1, 0.15) is 11.5 Å². The van der Waals surface area contributed by atoms with E-state index in [0.717, 1.165) is 47.5 Å². The molecule has 0 spiro atoms. The molecule has 120 valence electrons. The van der Waals surface area contributed by atoms with E-state index in [1.165, 1.54) is 11.4 Å². The van der Waals surface area contributed by atoms with Gasteiger partial charge in [0.05, 0.1) is 0 Å². The number of anilines is 1. The van der Waals surface area contributed by atoms with Crippen molar-refractivity contribution in [3.63, 3.8) is 0 Å². The summed E-state index contributed by atoms with van der Waals surface area (Å²) in [5.41, 5.74) is 4.03. The van der Waals surface area contributed by atoms with Crippen molar-refractivity contribution in [2.75, 3.05) is 29.5 Å². The fourth-order valence-electron chi connectivity index (χ4n) is 3.05. The zero-order valence-electron chi connectivity index (χ0n) is 13.7. The molecule has 0 amide bonds. The summed E-state index contributed by atoms with van der Waals surface area (Å²) in [6, 6.07) is 2.02. The maximum absolute atomic E-state index is 4.82. The zero-order valence-corrected chi connectivity index (χ0v) is 14.5. The molecule has 6 nitrogen and oxygen atoms in total. The van der Waals surface area contributed by atoms with Crippen LogP contribution in [0, 0.1) is 13.8 Å². The molecule has 1 aliphatic rings. The Hall–Kier alpha value is -2.02. The molecule has 0 atom stereocenters. The second-order valence-electron chi connectivity index (χ2n) is 5.91. The summed E-state index contributed by atoms with van der Waals surface area (Å²) in [5.74, 6) is 4.37. The Bertz CT molecular complexity index is 859. The number of thioether (sulfide) groups is 1. The van der Waals surface area contributed by atoms with Crippen molar-refractivity contribution in [2.45, 2.75) is 13.8 Å². The fraction of sp³-hybridized carbons (Fsp3) is 0.438. The second kappa shape index (κ2) is 5.56. The van der Waals surface area contributed by atoms with Crippen molar-refractivity contribution in [3.8, 4) is 11.5 Å². The van der Waals surface area contributed by atoms with Gasteiger partial charge >= 0.3 is 0 Å². The predicted molar refractivity (Wildman–Crippen MR) is 94.2 cm³/mol. The van der Waals surface area contributed by atoms with E-state index in [0.29, 0.717) is 0 Å². The molecular weight excluding hydrogens is 308 g/mol. The average Bonchev–Trinajstić information content (AvgIpc) is 3.15. The minimum Gasteiger partial charge on any atom is -0.355 e. The minimum absolute atomic E-state index is 0.864. The molecule has 0 radical (unpaired) electrons. The van der Waals surface area contributed by atoms with Crippen LogP contribution in [0.3, 0.4) is 0 Å². The van der Waals surface area contributed by atoms with Crippen LogP contribution in [0.15, 0.2) is 18.5 Å². The highest BCUT2D eigenvalue weighted by Gasteiger charge is 2.21. The lowest BCUT2D eigenvalue weighted by atomic mass is 10.2. The van der Waals surface area contributed by atoms with Crippen LogP contribution in [-0.2, 0) is 7.05 Å². The molecule has 0 bridgehead atoms. The fourth-order valence-corrected chi connectivity index (χ4v) is 3.95. The van der Waals surface area contributed by atoms with Crippen molar-refractivity contribution in [1.82, 2.24) is 24.1 Å². The third-order valence-corrected chi connectivity index (χ3v) is 5.35. The number of hydrogen-bond acceptors (Lipinski definition) is 5. The highest BCUT2D eigenvalue weighted by Crippen LogP contribution is 2.28. The first-order valence-electron chi connectivity index (χ1n) is 7.82. The molecule has 3 aromatic rings. The average molecular weight is 328 g/mol. The summed E-state index contributed by atoms with van der Waals surface area (Å²) < 4.78 is 3.97. The molecule has 4 heterocycles. The van der Waals surface area contributed by atoms with E-state index < -0.39 is 0 Å². The maximum Gasteiger partial charge on any atom is 0.160 e. The summed E-state index contributed by atoms with van der Waals surface area (Å²) in [6.07, 6.45) is 3.73. The van der Waals surface area contributed by atoms with Crippen LogP contribution < -0.4 is 4.90 Å². The molecule has 23 heavy (non-hydrogen) atoms. The standard InChI is InChI=1S/C16H20N6S/c1-11-12(2)18-14-10-13(15-17-4-5-20(15)3)19-22(14)16(11)21-6-8-23-9-7-21/h4-5,10H,6-9H2,1-3H3. The molecule has 0 unspecified atom stereocenters. The predicted octanol–water partition coefficient (Wildman–Crippen LogP) is 2.30. The number of hydrogen-bond donors (Lipinski definition) is 0. The Balaban J connectivity index is 1.91. The molecule has 1 saturated heterocycles. The Morgan fingerprint density at radius 2 is 1.96 bits per heavy atom. The van der Waals surface area contributed by atoms with E-state index >= 15 is 0 Å². The zero-order chi connectivity index (χ0) is 16.0. The van der Waals surface area contributed by atoms with Crippen molar-refractivity contribution in [2.24, 2.45) is 7.05 Å². The first kappa shape index (κ1) is 14.6. The number of aromatic nitrogens is 5. The molecule has 1 aliphatic heterocycles. The van der Waals surface area contributed by atoms with Crippen LogP contribution >= 0.6 is 11.8 Å². The minimum atomic E-state index is 0.864. The molecule has 0 aliphatic carbocycles. The highest BCUT2D eigenvalue weighted by atomic mass is 32.2. The van der Waals surface area contributed by atoms with Gasteiger partial charge in [-0.1, -0.05) is 0 Å². The van der Waals surface area contributed by atoms with E-state index in [4.69, 9.17) is 10.1 Å². The molecule has 0 saturated carbocycles. The van der Waals surface area contributed by atoms with Crippen LogP contribution in [-0.4, -0.2) is 48.7 Å². The normalized spacial score (nSPS) is 15.5. The maximum atomic E-state index is 4.82. The monoisotopic (exact) mass is 328 g/mol. The van der Waals surface area contributed by atoms with Gasteiger partial charge in [0.15, 0.2) is 11.5 Å². The lowest BCUT2D eigenvalue weighted by molar-refractivity contribution is 0.783. The van der Waals surface area contributed by atoms with Gasteiger partial charge in [-0.15, -0.1) is 0 Å². The molecule has 1 fully saturated rings. The van der Waals surface area contributed by atoms with Gasteiger partial charge in [-0.3, -0.25) is 0 Å². The quantitative estimate of drug-likeness (QED) is 0.722. The number of imidazole rings is 1. The van der Waals surface area contributed by atoms with Gasteiger partial charge < -0.3 is 9.47 Å². The van der Waals surface area contributed by atoms with Crippen molar-refractivity contribution < 1.29 is 0 Å². The van der Waals surface area contributed by atoms with Crippen molar-refractivity contribution in [1.29, 1.82) is 0 Å². The molecular formula is C16H20N6S. The smallest absolute Gasteiger partial charge is 0.160 e. The van der Waals surface area contributed by atoms with Gasteiger partial charge in [0, 0.05) is 61.4 Å². The molecule has 3 aromatic heterocycles. The van der Waals surface area contributed by atoms with Crippen LogP contribution in [0.5, 0.6) is 0 Å². The lowest BCUT2D eigenvalue weighted by Gasteiger charge is -2.30. The Morgan fingerprint density at radius 1 is 1.17 bits per heavy atom. The van der Waals surface area contributed by atoms with E-state index in [2.05, 4.69) is 23.7 Å². The van der Waals surface area contributed by atoms with Crippen molar-refractivity contribution in [3.05, 3.63) is 29.7 Å². The van der Waals surface area contributed by atoms with E-state index in [1.54, 1.807) is 6.20 Å². The van der Waals surface area contributed by atoms with Gasteiger partial charge in [-0.25, -0.2) is 9.97 Å². The van der Waals surface area contributed by atoms with Gasteiger partial charge in [-0.2, -0.15) is 21.4 Å². The number of fused-ring (bicyclic) bond motifs is 1. The first-order chi connectivity index (χ1) is 11.1. The summed E-state index contributed by atoms with van der Waals surface area (Å²) in [4.78, 5) is 11.6. The number of nitrogens with zero attached hydrogens (tertiary/aromatic N) is 6. The van der Waals surface area contributed by atoms with E-state index in [9.17, 15) is 0 Å². The van der Waals surface area contributed by atoms with Gasteiger partial charge in [-0.05, 0) is 13.8 Å². The Kier molecular flexibility index (Phi) is 3.52. The third-order valence-electron chi connectivity index (χ3n) is 4.41. The second-order valence-corrected chi connectivity index (χ2v) is 7.13. The Labute approximate surface area is 139 Å². The first-order valence-corrected chi connectivity index (χ1v) is 8.98. The van der Waals surface area contributed by atoms with Crippen LogP contribution in [0.2, 0.25) is 0 Å². The van der Waals surface area contributed by atoms with E-state index in [1.807, 2.05) is 40.2 Å². The summed E-state index contributed by atoms with van der Waals surface area (Å²) in [6.45, 7) is 6.33. The van der Waals surface area contributed by atoms with E-state index in [-0.39, 0.29) is 0 Å². The molecule has 0 aromatic carbocycles.